The Labute approximate surface area is 119 Å². The molecule has 0 fully saturated rings. The molecule has 0 bridgehead atoms. The number of hydrogen-bond acceptors (Lipinski definition) is 2. The van der Waals surface area contributed by atoms with E-state index in [9.17, 15) is 4.79 Å². The summed E-state index contributed by atoms with van der Waals surface area (Å²) >= 11 is 9.40. The number of benzene rings is 2. The maximum atomic E-state index is 12.4. The largest absolute Gasteiger partial charge is 0.399 e. The monoisotopic (exact) mass is 323 g/mol. The molecular formula is C14H11BrClNO. The van der Waals surface area contributed by atoms with E-state index < -0.39 is 0 Å². The van der Waals surface area contributed by atoms with Gasteiger partial charge in [0.05, 0.1) is 5.02 Å². The van der Waals surface area contributed by atoms with Gasteiger partial charge in [-0.25, -0.2) is 0 Å². The highest BCUT2D eigenvalue weighted by Crippen LogP contribution is 2.25. The van der Waals surface area contributed by atoms with Gasteiger partial charge in [0.25, 0.3) is 0 Å². The van der Waals surface area contributed by atoms with Crippen LogP contribution in [-0.2, 0) is 0 Å². The van der Waals surface area contributed by atoms with Crippen LogP contribution in [0.5, 0.6) is 0 Å². The maximum absolute atomic E-state index is 12.4. The van der Waals surface area contributed by atoms with Gasteiger partial charge in [0, 0.05) is 21.3 Å². The van der Waals surface area contributed by atoms with Crippen molar-refractivity contribution in [2.75, 3.05) is 5.73 Å². The lowest BCUT2D eigenvalue weighted by Gasteiger charge is -2.07. The van der Waals surface area contributed by atoms with Crippen LogP contribution in [0.3, 0.4) is 0 Å². The zero-order chi connectivity index (χ0) is 13.3. The topological polar surface area (TPSA) is 43.1 Å². The van der Waals surface area contributed by atoms with Crippen LogP contribution in [0.4, 0.5) is 5.69 Å². The first-order valence-corrected chi connectivity index (χ1v) is 6.52. The second-order valence-corrected chi connectivity index (χ2v) is 5.35. The zero-order valence-electron chi connectivity index (χ0n) is 9.71. The number of nitrogens with two attached hydrogens (primary N) is 1. The highest BCUT2D eigenvalue weighted by Gasteiger charge is 2.15. The molecule has 0 radical (unpaired) electrons. The fraction of sp³-hybridized carbons (Fsp3) is 0.0714. The van der Waals surface area contributed by atoms with E-state index in [1.807, 2.05) is 6.92 Å². The SMILES string of the molecule is Cc1cc(N)ccc1C(=O)c1ccc(Br)cc1Cl. The van der Waals surface area contributed by atoms with E-state index in [1.54, 1.807) is 36.4 Å². The summed E-state index contributed by atoms with van der Waals surface area (Å²) in [5.74, 6) is -0.0926. The Hall–Kier alpha value is -1.32. The Kier molecular flexibility index (Phi) is 3.73. The fourth-order valence-electron chi connectivity index (χ4n) is 1.76. The van der Waals surface area contributed by atoms with Crippen molar-refractivity contribution >= 4 is 39.0 Å². The highest BCUT2D eigenvalue weighted by molar-refractivity contribution is 9.10. The molecule has 4 heteroatoms. The lowest BCUT2D eigenvalue weighted by atomic mass is 9.99. The van der Waals surface area contributed by atoms with Crippen molar-refractivity contribution in [3.05, 3.63) is 62.6 Å². The molecule has 0 heterocycles. The summed E-state index contributed by atoms with van der Waals surface area (Å²) in [6.07, 6.45) is 0. The molecule has 0 aliphatic rings. The van der Waals surface area contributed by atoms with Gasteiger partial charge >= 0.3 is 0 Å². The van der Waals surface area contributed by atoms with Crippen LogP contribution >= 0.6 is 27.5 Å². The van der Waals surface area contributed by atoms with E-state index in [1.165, 1.54) is 0 Å². The van der Waals surface area contributed by atoms with Gasteiger partial charge in [-0.05, 0) is 48.9 Å². The van der Waals surface area contributed by atoms with Gasteiger partial charge < -0.3 is 5.73 Å². The summed E-state index contributed by atoms with van der Waals surface area (Å²) in [6, 6.07) is 10.4. The molecule has 92 valence electrons. The second-order valence-electron chi connectivity index (χ2n) is 4.03. The minimum atomic E-state index is -0.0926. The number of ketones is 1. The molecule has 18 heavy (non-hydrogen) atoms. The first-order valence-electron chi connectivity index (χ1n) is 5.35. The van der Waals surface area contributed by atoms with Crippen molar-refractivity contribution in [2.24, 2.45) is 0 Å². The summed E-state index contributed by atoms with van der Waals surface area (Å²) < 4.78 is 0.845. The summed E-state index contributed by atoms with van der Waals surface area (Å²) in [5, 5.41) is 0.436. The third kappa shape index (κ3) is 2.57. The quantitative estimate of drug-likeness (QED) is 0.664. The number of nitrogen functional groups attached to an aromatic ring is 1. The van der Waals surface area contributed by atoms with Gasteiger partial charge in [-0.1, -0.05) is 27.5 Å². The number of halogens is 2. The van der Waals surface area contributed by atoms with Crippen LogP contribution in [0.15, 0.2) is 40.9 Å². The molecule has 2 aromatic carbocycles. The Morgan fingerprint density at radius 3 is 2.44 bits per heavy atom. The van der Waals surface area contributed by atoms with Gasteiger partial charge in [-0.3, -0.25) is 4.79 Å². The Balaban J connectivity index is 2.48. The number of anilines is 1. The number of aryl methyl sites for hydroxylation is 1. The first-order chi connectivity index (χ1) is 8.49. The van der Waals surface area contributed by atoms with Crippen molar-refractivity contribution in [3.8, 4) is 0 Å². The van der Waals surface area contributed by atoms with Crippen LogP contribution in [0.1, 0.15) is 21.5 Å². The minimum absolute atomic E-state index is 0.0926. The summed E-state index contributed by atoms with van der Waals surface area (Å²) in [7, 11) is 0. The first kappa shape index (κ1) is 13.1. The number of rotatable bonds is 2. The van der Waals surface area contributed by atoms with Gasteiger partial charge in [-0.2, -0.15) is 0 Å². The van der Waals surface area contributed by atoms with Crippen LogP contribution in [-0.4, -0.2) is 5.78 Å². The normalized spacial score (nSPS) is 10.4. The zero-order valence-corrected chi connectivity index (χ0v) is 12.0. The van der Waals surface area contributed by atoms with Crippen LogP contribution in [0.2, 0.25) is 5.02 Å². The molecule has 2 rings (SSSR count). The van der Waals surface area contributed by atoms with Crippen LogP contribution in [0.25, 0.3) is 0 Å². The van der Waals surface area contributed by atoms with Crippen molar-refractivity contribution in [1.82, 2.24) is 0 Å². The molecule has 2 aromatic rings. The average molecular weight is 325 g/mol. The predicted molar refractivity (Wildman–Crippen MR) is 78.2 cm³/mol. The van der Waals surface area contributed by atoms with Gasteiger partial charge in [0.2, 0.25) is 0 Å². The smallest absolute Gasteiger partial charge is 0.194 e. The second kappa shape index (κ2) is 5.12. The van der Waals surface area contributed by atoms with Crippen LogP contribution < -0.4 is 5.73 Å². The Morgan fingerprint density at radius 2 is 1.83 bits per heavy atom. The molecular weight excluding hydrogens is 314 g/mol. The van der Waals surface area contributed by atoms with Gasteiger partial charge in [0.15, 0.2) is 5.78 Å². The van der Waals surface area contributed by atoms with E-state index in [0.29, 0.717) is 21.8 Å². The molecule has 0 saturated heterocycles. The van der Waals surface area contributed by atoms with E-state index in [-0.39, 0.29) is 5.78 Å². The van der Waals surface area contributed by atoms with Crippen molar-refractivity contribution < 1.29 is 4.79 Å². The van der Waals surface area contributed by atoms with E-state index in [2.05, 4.69) is 15.9 Å². The molecule has 0 spiro atoms. The van der Waals surface area contributed by atoms with Gasteiger partial charge in [0.1, 0.15) is 0 Å². The molecule has 0 amide bonds. The molecule has 2 N–H and O–H groups in total. The third-order valence-corrected chi connectivity index (χ3v) is 3.48. The number of carbonyl (C=O) groups excluding carboxylic acids is 1. The Bertz CT molecular complexity index is 572. The standard InChI is InChI=1S/C14H11BrClNO/c1-8-6-10(17)3-5-11(8)14(18)12-4-2-9(15)7-13(12)16/h2-7H,17H2,1H3. The molecule has 0 saturated carbocycles. The van der Waals surface area contributed by atoms with Gasteiger partial charge in [-0.15, -0.1) is 0 Å². The Morgan fingerprint density at radius 1 is 1.17 bits per heavy atom. The summed E-state index contributed by atoms with van der Waals surface area (Å²) in [4.78, 5) is 12.4. The molecule has 0 aromatic heterocycles. The highest BCUT2D eigenvalue weighted by atomic mass is 79.9. The summed E-state index contributed by atoms with van der Waals surface area (Å²) in [6.45, 7) is 1.86. The average Bonchev–Trinajstić information content (AvgIpc) is 2.28. The summed E-state index contributed by atoms with van der Waals surface area (Å²) in [5.41, 5.74) is 8.28. The van der Waals surface area contributed by atoms with Crippen molar-refractivity contribution in [1.29, 1.82) is 0 Å². The fourth-order valence-corrected chi connectivity index (χ4v) is 2.52. The van der Waals surface area contributed by atoms with E-state index in [4.69, 9.17) is 17.3 Å². The lowest BCUT2D eigenvalue weighted by Crippen LogP contribution is -2.05. The maximum Gasteiger partial charge on any atom is 0.194 e. The van der Waals surface area contributed by atoms with Crippen molar-refractivity contribution in [3.63, 3.8) is 0 Å². The molecule has 2 nitrogen and oxygen atoms in total. The molecule has 0 atom stereocenters. The lowest BCUT2D eigenvalue weighted by molar-refractivity contribution is 0.103. The molecule has 0 aliphatic carbocycles. The molecule has 0 aliphatic heterocycles. The predicted octanol–water partition coefficient (Wildman–Crippen LogP) is 4.22. The van der Waals surface area contributed by atoms with E-state index in [0.717, 1.165) is 10.0 Å². The van der Waals surface area contributed by atoms with E-state index >= 15 is 0 Å². The molecule has 0 unspecified atom stereocenters. The van der Waals surface area contributed by atoms with Crippen LogP contribution in [0, 0.1) is 6.92 Å². The number of carbonyl (C=O) groups is 1. The van der Waals surface area contributed by atoms with Crippen molar-refractivity contribution in [2.45, 2.75) is 6.92 Å². The minimum Gasteiger partial charge on any atom is -0.399 e. The third-order valence-electron chi connectivity index (χ3n) is 2.67. The number of hydrogen-bond donors (Lipinski definition) is 1.